The van der Waals surface area contributed by atoms with E-state index in [1.54, 1.807) is 6.07 Å². The van der Waals surface area contributed by atoms with Crippen LogP contribution in [0.1, 0.15) is 32.9 Å². The summed E-state index contributed by atoms with van der Waals surface area (Å²) in [7, 11) is 0. The highest BCUT2D eigenvalue weighted by atomic mass is 35.5. The number of hydrogen-bond donors (Lipinski definition) is 2. The van der Waals surface area contributed by atoms with E-state index in [2.05, 4.69) is 20.6 Å². The van der Waals surface area contributed by atoms with Gasteiger partial charge in [-0.1, -0.05) is 48.0 Å². The summed E-state index contributed by atoms with van der Waals surface area (Å²) in [4.78, 5) is 21.2. The molecule has 1 heterocycles. The lowest BCUT2D eigenvalue weighted by Gasteiger charge is -2.10. The van der Waals surface area contributed by atoms with E-state index in [1.807, 2.05) is 62.4 Å². The molecule has 0 saturated carbocycles. The summed E-state index contributed by atoms with van der Waals surface area (Å²) in [6.45, 7) is 4.99. The number of carbonyl (C=O) groups excluding carboxylic acids is 1. The van der Waals surface area contributed by atoms with Gasteiger partial charge in [-0.15, -0.1) is 0 Å². The van der Waals surface area contributed by atoms with E-state index in [1.165, 1.54) is 0 Å². The van der Waals surface area contributed by atoms with Crippen molar-refractivity contribution in [1.82, 2.24) is 15.3 Å². The number of rotatable bonds is 7. The van der Waals surface area contributed by atoms with E-state index >= 15 is 0 Å². The molecule has 144 valence electrons. The zero-order valence-electron chi connectivity index (χ0n) is 16.0. The Morgan fingerprint density at radius 3 is 2.64 bits per heavy atom. The molecule has 6 heteroatoms. The van der Waals surface area contributed by atoms with Crippen molar-refractivity contribution in [3.05, 3.63) is 87.7 Å². The second kappa shape index (κ2) is 9.33. The highest BCUT2D eigenvalue weighted by molar-refractivity contribution is 6.30. The number of carbonyl (C=O) groups is 1. The van der Waals surface area contributed by atoms with Crippen molar-refractivity contribution >= 4 is 23.5 Å². The van der Waals surface area contributed by atoms with Gasteiger partial charge in [0.25, 0.3) is 5.91 Å². The van der Waals surface area contributed by atoms with Gasteiger partial charge in [0.2, 0.25) is 5.95 Å². The van der Waals surface area contributed by atoms with Crippen LogP contribution in [-0.4, -0.2) is 22.4 Å². The molecule has 0 aliphatic heterocycles. The largest absolute Gasteiger partial charge is 0.354 e. The summed E-state index contributed by atoms with van der Waals surface area (Å²) >= 11 is 6.01. The first-order valence-electron chi connectivity index (χ1n) is 9.18. The van der Waals surface area contributed by atoms with Crippen LogP contribution < -0.4 is 10.6 Å². The number of aryl methyl sites for hydroxylation is 2. The SMILES string of the molecule is Cc1cc(C(=O)NCc2ccccc2C)nc(NCCc2cccc(Cl)c2)n1. The third kappa shape index (κ3) is 5.54. The lowest BCUT2D eigenvalue weighted by molar-refractivity contribution is 0.0945. The predicted octanol–water partition coefficient (Wildman–Crippen LogP) is 4.33. The maximum atomic E-state index is 12.5. The average Bonchev–Trinajstić information content (AvgIpc) is 2.67. The summed E-state index contributed by atoms with van der Waals surface area (Å²) in [6, 6.07) is 17.4. The summed E-state index contributed by atoms with van der Waals surface area (Å²) in [6.07, 6.45) is 0.784. The maximum Gasteiger partial charge on any atom is 0.270 e. The fourth-order valence-corrected chi connectivity index (χ4v) is 3.06. The van der Waals surface area contributed by atoms with E-state index in [0.29, 0.717) is 24.7 Å². The second-order valence-electron chi connectivity index (χ2n) is 6.63. The first-order chi connectivity index (χ1) is 13.5. The Morgan fingerprint density at radius 2 is 1.86 bits per heavy atom. The maximum absolute atomic E-state index is 12.5. The Bertz CT molecular complexity index is 974. The van der Waals surface area contributed by atoms with Crippen molar-refractivity contribution in [3.63, 3.8) is 0 Å². The quantitative estimate of drug-likeness (QED) is 0.625. The fraction of sp³-hybridized carbons (Fsp3) is 0.227. The van der Waals surface area contributed by atoms with Crippen LogP contribution in [0.2, 0.25) is 5.02 Å². The monoisotopic (exact) mass is 394 g/mol. The number of nitrogens with zero attached hydrogens (tertiary/aromatic N) is 2. The van der Waals surface area contributed by atoms with Crippen LogP contribution in [-0.2, 0) is 13.0 Å². The molecule has 1 aromatic heterocycles. The number of aromatic nitrogens is 2. The second-order valence-corrected chi connectivity index (χ2v) is 7.07. The summed E-state index contributed by atoms with van der Waals surface area (Å²) in [5, 5.41) is 6.83. The minimum Gasteiger partial charge on any atom is -0.354 e. The summed E-state index contributed by atoms with van der Waals surface area (Å²) in [5.41, 5.74) is 4.45. The van der Waals surface area contributed by atoms with Gasteiger partial charge in [0.05, 0.1) is 0 Å². The van der Waals surface area contributed by atoms with Gasteiger partial charge in [-0.05, 0) is 55.2 Å². The van der Waals surface area contributed by atoms with Gasteiger partial charge < -0.3 is 10.6 Å². The molecule has 0 aliphatic rings. The molecule has 0 aliphatic carbocycles. The molecule has 5 nitrogen and oxygen atoms in total. The number of anilines is 1. The Hall–Kier alpha value is -2.92. The Balaban J connectivity index is 1.60. The molecule has 1 amide bonds. The molecular weight excluding hydrogens is 372 g/mol. The first-order valence-corrected chi connectivity index (χ1v) is 9.56. The van der Waals surface area contributed by atoms with E-state index in [-0.39, 0.29) is 5.91 Å². The van der Waals surface area contributed by atoms with E-state index in [4.69, 9.17) is 11.6 Å². The van der Waals surface area contributed by atoms with Gasteiger partial charge in [0, 0.05) is 23.8 Å². The molecule has 3 aromatic rings. The van der Waals surface area contributed by atoms with Crippen LogP contribution in [0.15, 0.2) is 54.6 Å². The van der Waals surface area contributed by atoms with Crippen molar-refractivity contribution in [2.24, 2.45) is 0 Å². The first kappa shape index (κ1) is 19.8. The molecule has 0 spiro atoms. The zero-order valence-corrected chi connectivity index (χ0v) is 16.8. The minimum atomic E-state index is -0.216. The van der Waals surface area contributed by atoms with Crippen LogP contribution in [0.25, 0.3) is 0 Å². The lowest BCUT2D eigenvalue weighted by atomic mass is 10.1. The number of amides is 1. The third-order valence-corrected chi connectivity index (χ3v) is 4.61. The smallest absolute Gasteiger partial charge is 0.270 e. The summed E-state index contributed by atoms with van der Waals surface area (Å²) < 4.78 is 0. The number of hydrogen-bond acceptors (Lipinski definition) is 4. The normalized spacial score (nSPS) is 10.5. The van der Waals surface area contributed by atoms with E-state index in [0.717, 1.165) is 33.8 Å². The van der Waals surface area contributed by atoms with Crippen molar-refractivity contribution in [2.45, 2.75) is 26.8 Å². The highest BCUT2D eigenvalue weighted by Crippen LogP contribution is 2.12. The molecule has 3 rings (SSSR count). The molecule has 0 unspecified atom stereocenters. The van der Waals surface area contributed by atoms with Gasteiger partial charge in [-0.3, -0.25) is 4.79 Å². The van der Waals surface area contributed by atoms with Crippen LogP contribution in [0.3, 0.4) is 0 Å². The lowest BCUT2D eigenvalue weighted by Crippen LogP contribution is -2.25. The van der Waals surface area contributed by atoms with Gasteiger partial charge in [0.15, 0.2) is 0 Å². The highest BCUT2D eigenvalue weighted by Gasteiger charge is 2.11. The van der Waals surface area contributed by atoms with Crippen LogP contribution in [0.5, 0.6) is 0 Å². The third-order valence-electron chi connectivity index (χ3n) is 4.37. The summed E-state index contributed by atoms with van der Waals surface area (Å²) in [5.74, 6) is 0.231. The van der Waals surface area contributed by atoms with Crippen molar-refractivity contribution in [2.75, 3.05) is 11.9 Å². The van der Waals surface area contributed by atoms with Crippen molar-refractivity contribution < 1.29 is 4.79 Å². The standard InChI is InChI=1S/C22H23ClN4O/c1-15-6-3-4-8-18(15)14-25-21(28)20-12-16(2)26-22(27-20)24-11-10-17-7-5-9-19(23)13-17/h3-9,12-13H,10-11,14H2,1-2H3,(H,25,28)(H,24,26,27). The van der Waals surface area contributed by atoms with Gasteiger partial charge >= 0.3 is 0 Å². The molecule has 0 atom stereocenters. The fourth-order valence-electron chi connectivity index (χ4n) is 2.85. The van der Waals surface area contributed by atoms with Crippen LogP contribution >= 0.6 is 11.6 Å². The average molecular weight is 395 g/mol. The molecular formula is C22H23ClN4O. The predicted molar refractivity (Wildman–Crippen MR) is 113 cm³/mol. The number of nitrogens with one attached hydrogen (secondary N) is 2. The Labute approximate surface area is 170 Å². The molecule has 2 N–H and O–H groups in total. The van der Waals surface area contributed by atoms with Crippen molar-refractivity contribution in [1.29, 1.82) is 0 Å². The molecule has 0 saturated heterocycles. The number of halogens is 1. The van der Waals surface area contributed by atoms with Crippen LogP contribution in [0.4, 0.5) is 5.95 Å². The molecule has 0 fully saturated rings. The van der Waals surface area contributed by atoms with Gasteiger partial charge in [-0.2, -0.15) is 0 Å². The molecule has 0 radical (unpaired) electrons. The molecule has 0 bridgehead atoms. The van der Waals surface area contributed by atoms with Crippen molar-refractivity contribution in [3.8, 4) is 0 Å². The minimum absolute atomic E-state index is 0.216. The van der Waals surface area contributed by atoms with E-state index < -0.39 is 0 Å². The Kier molecular flexibility index (Phi) is 6.61. The number of benzene rings is 2. The van der Waals surface area contributed by atoms with Gasteiger partial charge in [0.1, 0.15) is 5.69 Å². The zero-order chi connectivity index (χ0) is 19.9. The van der Waals surface area contributed by atoms with Crippen LogP contribution in [0, 0.1) is 13.8 Å². The van der Waals surface area contributed by atoms with E-state index in [9.17, 15) is 4.79 Å². The van der Waals surface area contributed by atoms with Gasteiger partial charge in [-0.25, -0.2) is 9.97 Å². The topological polar surface area (TPSA) is 66.9 Å². The Morgan fingerprint density at radius 1 is 1.04 bits per heavy atom. The molecule has 28 heavy (non-hydrogen) atoms. The molecule has 2 aromatic carbocycles.